The molecule has 94 valence electrons. The number of benzene rings is 1. The Balaban J connectivity index is 1.97. The second-order valence-electron chi connectivity index (χ2n) is 4.38. The minimum absolute atomic E-state index is 0.125. The van der Waals surface area contributed by atoms with Crippen LogP contribution < -0.4 is 14.8 Å². The van der Waals surface area contributed by atoms with Crippen molar-refractivity contribution >= 4 is 0 Å². The monoisotopic (exact) mass is 237 g/mol. The van der Waals surface area contributed by atoms with Crippen molar-refractivity contribution < 1.29 is 14.6 Å². The fourth-order valence-electron chi connectivity index (χ4n) is 2.03. The van der Waals surface area contributed by atoms with Gasteiger partial charge in [-0.1, -0.05) is 0 Å². The van der Waals surface area contributed by atoms with Crippen LogP contribution in [0.15, 0.2) is 18.2 Å². The SMILES string of the molecule is COc1ccc(OC)c(CNC2CC(O)C2)c1. The number of ether oxygens (including phenoxy) is 2. The van der Waals surface area contributed by atoms with Gasteiger partial charge in [-0.25, -0.2) is 0 Å². The average Bonchev–Trinajstić information content (AvgIpc) is 2.32. The maximum absolute atomic E-state index is 9.21. The van der Waals surface area contributed by atoms with Crippen LogP contribution in [0.3, 0.4) is 0 Å². The first-order valence-corrected chi connectivity index (χ1v) is 5.85. The molecule has 1 saturated carbocycles. The molecule has 1 aliphatic rings. The van der Waals surface area contributed by atoms with Crippen molar-refractivity contribution in [2.45, 2.75) is 31.5 Å². The highest BCUT2D eigenvalue weighted by Crippen LogP contribution is 2.25. The quantitative estimate of drug-likeness (QED) is 0.811. The van der Waals surface area contributed by atoms with Crippen LogP contribution in [0.2, 0.25) is 0 Å². The van der Waals surface area contributed by atoms with E-state index in [1.165, 1.54) is 0 Å². The lowest BCUT2D eigenvalue weighted by Gasteiger charge is -2.32. The van der Waals surface area contributed by atoms with Gasteiger partial charge in [0.1, 0.15) is 11.5 Å². The van der Waals surface area contributed by atoms with Gasteiger partial charge in [0.25, 0.3) is 0 Å². The van der Waals surface area contributed by atoms with Crippen molar-refractivity contribution in [2.75, 3.05) is 14.2 Å². The smallest absolute Gasteiger partial charge is 0.123 e. The summed E-state index contributed by atoms with van der Waals surface area (Å²) in [6, 6.07) is 6.18. The summed E-state index contributed by atoms with van der Waals surface area (Å²) >= 11 is 0. The van der Waals surface area contributed by atoms with E-state index in [2.05, 4.69) is 5.32 Å². The van der Waals surface area contributed by atoms with Crippen LogP contribution in [0.1, 0.15) is 18.4 Å². The van der Waals surface area contributed by atoms with Crippen LogP contribution in [-0.2, 0) is 6.54 Å². The number of hydrogen-bond donors (Lipinski definition) is 2. The van der Waals surface area contributed by atoms with E-state index in [-0.39, 0.29) is 6.10 Å². The molecule has 0 aliphatic heterocycles. The van der Waals surface area contributed by atoms with Crippen molar-refractivity contribution in [1.82, 2.24) is 5.32 Å². The minimum atomic E-state index is -0.125. The molecule has 0 heterocycles. The molecule has 1 aromatic carbocycles. The van der Waals surface area contributed by atoms with E-state index in [0.717, 1.165) is 36.4 Å². The van der Waals surface area contributed by atoms with Gasteiger partial charge in [-0.2, -0.15) is 0 Å². The molecule has 0 atom stereocenters. The predicted molar refractivity (Wildman–Crippen MR) is 65.4 cm³/mol. The lowest BCUT2D eigenvalue weighted by atomic mass is 9.89. The number of aliphatic hydroxyl groups excluding tert-OH is 1. The fraction of sp³-hybridized carbons (Fsp3) is 0.538. The summed E-state index contributed by atoms with van der Waals surface area (Å²) in [5.74, 6) is 1.69. The Bertz CT molecular complexity index is 375. The Kier molecular flexibility index (Phi) is 3.86. The molecule has 0 spiro atoms. The minimum Gasteiger partial charge on any atom is -0.497 e. The van der Waals surface area contributed by atoms with Crippen molar-refractivity contribution in [3.8, 4) is 11.5 Å². The van der Waals surface area contributed by atoms with Crippen LogP contribution in [0.4, 0.5) is 0 Å². The topological polar surface area (TPSA) is 50.7 Å². The van der Waals surface area contributed by atoms with Gasteiger partial charge < -0.3 is 19.9 Å². The van der Waals surface area contributed by atoms with Crippen LogP contribution >= 0.6 is 0 Å². The molecule has 4 heteroatoms. The van der Waals surface area contributed by atoms with Gasteiger partial charge in [0.05, 0.1) is 20.3 Å². The Morgan fingerprint density at radius 2 is 2.06 bits per heavy atom. The van der Waals surface area contributed by atoms with Crippen molar-refractivity contribution in [3.05, 3.63) is 23.8 Å². The predicted octanol–water partition coefficient (Wildman–Crippen LogP) is 1.32. The van der Waals surface area contributed by atoms with Crippen LogP contribution in [0, 0.1) is 0 Å². The average molecular weight is 237 g/mol. The van der Waals surface area contributed by atoms with E-state index in [0.29, 0.717) is 6.04 Å². The molecule has 0 aromatic heterocycles. The van der Waals surface area contributed by atoms with Gasteiger partial charge in [0.15, 0.2) is 0 Å². The molecule has 1 fully saturated rings. The van der Waals surface area contributed by atoms with Gasteiger partial charge in [-0.05, 0) is 31.0 Å². The zero-order valence-corrected chi connectivity index (χ0v) is 10.3. The highest BCUT2D eigenvalue weighted by molar-refractivity contribution is 5.40. The Hall–Kier alpha value is -1.26. The third-order valence-electron chi connectivity index (χ3n) is 3.18. The standard InChI is InChI=1S/C13H19NO3/c1-16-12-3-4-13(17-2)9(5-12)8-14-10-6-11(15)7-10/h3-5,10-11,14-15H,6-8H2,1-2H3. The van der Waals surface area contributed by atoms with Gasteiger partial charge in [-0.15, -0.1) is 0 Å². The molecule has 0 bridgehead atoms. The van der Waals surface area contributed by atoms with E-state index in [4.69, 9.17) is 9.47 Å². The normalized spacial score (nSPS) is 23.0. The third kappa shape index (κ3) is 2.90. The maximum Gasteiger partial charge on any atom is 0.123 e. The summed E-state index contributed by atoms with van der Waals surface area (Å²) in [5, 5.41) is 12.6. The zero-order chi connectivity index (χ0) is 12.3. The van der Waals surface area contributed by atoms with Crippen LogP contribution in [0.25, 0.3) is 0 Å². The summed E-state index contributed by atoms with van der Waals surface area (Å²) in [4.78, 5) is 0. The summed E-state index contributed by atoms with van der Waals surface area (Å²) in [6.07, 6.45) is 1.55. The summed E-state index contributed by atoms with van der Waals surface area (Å²) in [5.41, 5.74) is 1.08. The molecule has 1 aromatic rings. The number of hydrogen-bond acceptors (Lipinski definition) is 4. The summed E-state index contributed by atoms with van der Waals surface area (Å²) in [6.45, 7) is 0.734. The molecule has 17 heavy (non-hydrogen) atoms. The number of nitrogens with one attached hydrogen (secondary N) is 1. The highest BCUT2D eigenvalue weighted by Gasteiger charge is 2.26. The second-order valence-corrected chi connectivity index (χ2v) is 4.38. The van der Waals surface area contributed by atoms with Gasteiger partial charge in [0, 0.05) is 18.2 Å². The van der Waals surface area contributed by atoms with E-state index in [1.807, 2.05) is 18.2 Å². The Morgan fingerprint density at radius 1 is 1.29 bits per heavy atom. The number of methoxy groups -OCH3 is 2. The largest absolute Gasteiger partial charge is 0.497 e. The zero-order valence-electron chi connectivity index (χ0n) is 10.3. The molecule has 0 radical (unpaired) electrons. The number of aliphatic hydroxyl groups is 1. The molecule has 0 unspecified atom stereocenters. The maximum atomic E-state index is 9.21. The van der Waals surface area contributed by atoms with E-state index >= 15 is 0 Å². The lowest BCUT2D eigenvalue weighted by Crippen LogP contribution is -2.43. The van der Waals surface area contributed by atoms with Crippen LogP contribution in [-0.4, -0.2) is 31.5 Å². The van der Waals surface area contributed by atoms with Gasteiger partial charge in [0.2, 0.25) is 0 Å². The molecule has 0 amide bonds. The number of rotatable bonds is 5. The van der Waals surface area contributed by atoms with Gasteiger partial charge in [-0.3, -0.25) is 0 Å². The molecule has 0 saturated heterocycles. The van der Waals surface area contributed by atoms with Crippen molar-refractivity contribution in [1.29, 1.82) is 0 Å². The van der Waals surface area contributed by atoms with Crippen molar-refractivity contribution in [3.63, 3.8) is 0 Å². The van der Waals surface area contributed by atoms with E-state index in [9.17, 15) is 5.11 Å². The highest BCUT2D eigenvalue weighted by atomic mass is 16.5. The molecule has 2 N–H and O–H groups in total. The van der Waals surface area contributed by atoms with Crippen LogP contribution in [0.5, 0.6) is 11.5 Å². The lowest BCUT2D eigenvalue weighted by molar-refractivity contribution is 0.0618. The first kappa shape index (κ1) is 12.2. The molecule has 2 rings (SSSR count). The fourth-order valence-corrected chi connectivity index (χ4v) is 2.03. The first-order chi connectivity index (χ1) is 8.22. The Labute approximate surface area is 102 Å². The molecule has 1 aliphatic carbocycles. The summed E-state index contributed by atoms with van der Waals surface area (Å²) in [7, 11) is 3.32. The first-order valence-electron chi connectivity index (χ1n) is 5.85. The Morgan fingerprint density at radius 3 is 2.65 bits per heavy atom. The van der Waals surface area contributed by atoms with E-state index < -0.39 is 0 Å². The molecular weight excluding hydrogens is 218 g/mol. The molecular formula is C13H19NO3. The third-order valence-corrected chi connectivity index (χ3v) is 3.18. The van der Waals surface area contributed by atoms with Gasteiger partial charge >= 0.3 is 0 Å². The molecule has 4 nitrogen and oxygen atoms in total. The van der Waals surface area contributed by atoms with E-state index in [1.54, 1.807) is 14.2 Å². The summed E-state index contributed by atoms with van der Waals surface area (Å²) < 4.78 is 10.5. The van der Waals surface area contributed by atoms with Crippen molar-refractivity contribution in [2.24, 2.45) is 0 Å². The second kappa shape index (κ2) is 5.38.